The van der Waals surface area contributed by atoms with Crippen LogP contribution in [0.15, 0.2) is 194 Å². The third-order valence-corrected chi connectivity index (χ3v) is 10.1. The van der Waals surface area contributed by atoms with Crippen LogP contribution in [0, 0.1) is 0 Å². The minimum Gasteiger partial charge on any atom is -0.309 e. The van der Waals surface area contributed by atoms with E-state index >= 15 is 0 Å². The molecule has 50 heavy (non-hydrogen) atoms. The van der Waals surface area contributed by atoms with E-state index in [9.17, 15) is 0 Å². The molecule has 0 atom stereocenters. The monoisotopic (exact) mass is 636 g/mol. The van der Waals surface area contributed by atoms with Crippen molar-refractivity contribution in [1.82, 2.24) is 9.13 Å². The first-order valence-electron chi connectivity index (χ1n) is 17.2. The van der Waals surface area contributed by atoms with Gasteiger partial charge in [0.2, 0.25) is 0 Å². The van der Waals surface area contributed by atoms with Crippen molar-refractivity contribution in [2.45, 2.75) is 0 Å². The van der Waals surface area contributed by atoms with Crippen LogP contribution in [0.25, 0.3) is 88.4 Å². The van der Waals surface area contributed by atoms with Crippen molar-refractivity contribution in [2.24, 2.45) is 0 Å². The van der Waals surface area contributed by atoms with Crippen LogP contribution in [-0.2, 0) is 0 Å². The molecule has 0 N–H and O–H groups in total. The van der Waals surface area contributed by atoms with Crippen LogP contribution in [0.2, 0.25) is 0 Å². The molecule has 0 bridgehead atoms. The molecule has 2 heterocycles. The average molecular weight is 637 g/mol. The van der Waals surface area contributed by atoms with Gasteiger partial charge in [-0.25, -0.2) is 0 Å². The lowest BCUT2D eigenvalue weighted by Crippen LogP contribution is -1.95. The maximum absolute atomic E-state index is 2.43. The van der Waals surface area contributed by atoms with E-state index in [-0.39, 0.29) is 0 Å². The molecule has 2 heteroatoms. The molecule has 0 aliphatic rings. The van der Waals surface area contributed by atoms with E-state index < -0.39 is 0 Å². The quantitative estimate of drug-likeness (QED) is 0.178. The number of para-hydroxylation sites is 2. The molecule has 10 aromatic rings. The van der Waals surface area contributed by atoms with Crippen LogP contribution in [-0.4, -0.2) is 9.13 Å². The summed E-state index contributed by atoms with van der Waals surface area (Å²) in [6, 6.07) is 70.4. The third-order valence-electron chi connectivity index (χ3n) is 10.1. The Balaban J connectivity index is 1.18. The standard InChI is InChI=1S/C48H32N2/c1-3-13-33(14-4-1)35-25-28-38(29-26-35)49-45-23-10-8-20-43(45)48-40(21-12-24-46(48)49)37-27-30-42-41-19-7-9-22-44(41)50(47(42)32-37)39-18-11-17-36(31-39)34-15-5-2-6-16-34/h1-32H. The fourth-order valence-corrected chi connectivity index (χ4v) is 7.84. The molecule has 0 fully saturated rings. The summed E-state index contributed by atoms with van der Waals surface area (Å²) in [5.74, 6) is 0. The van der Waals surface area contributed by atoms with Crippen LogP contribution >= 0.6 is 0 Å². The average Bonchev–Trinajstić information content (AvgIpc) is 3.71. The molecular formula is C48H32N2. The van der Waals surface area contributed by atoms with E-state index in [2.05, 4.69) is 203 Å². The van der Waals surface area contributed by atoms with Crippen LogP contribution in [0.1, 0.15) is 0 Å². The molecule has 0 spiro atoms. The molecule has 0 saturated heterocycles. The maximum atomic E-state index is 2.43. The highest BCUT2D eigenvalue weighted by Gasteiger charge is 2.18. The lowest BCUT2D eigenvalue weighted by molar-refractivity contribution is 1.18. The third kappa shape index (κ3) is 4.50. The summed E-state index contributed by atoms with van der Waals surface area (Å²) in [7, 11) is 0. The zero-order chi connectivity index (χ0) is 33.0. The number of benzene rings is 8. The van der Waals surface area contributed by atoms with Gasteiger partial charge in [0.15, 0.2) is 0 Å². The summed E-state index contributed by atoms with van der Waals surface area (Å²) in [5, 5.41) is 5.03. The van der Waals surface area contributed by atoms with Crippen molar-refractivity contribution >= 4 is 43.6 Å². The molecule has 0 amide bonds. The second-order valence-corrected chi connectivity index (χ2v) is 13.0. The number of fused-ring (bicyclic) bond motifs is 6. The first-order chi connectivity index (χ1) is 24.8. The summed E-state index contributed by atoms with van der Waals surface area (Å²) in [6.07, 6.45) is 0. The van der Waals surface area contributed by atoms with Gasteiger partial charge >= 0.3 is 0 Å². The van der Waals surface area contributed by atoms with E-state index in [0.717, 1.165) is 11.4 Å². The molecule has 234 valence electrons. The highest BCUT2D eigenvalue weighted by molar-refractivity contribution is 6.17. The Bertz CT molecular complexity index is 2840. The second-order valence-electron chi connectivity index (χ2n) is 13.0. The van der Waals surface area contributed by atoms with E-state index in [1.807, 2.05) is 0 Å². The summed E-state index contributed by atoms with van der Waals surface area (Å²) in [5.41, 5.74) is 14.4. The molecule has 10 rings (SSSR count). The smallest absolute Gasteiger partial charge is 0.0547 e. The predicted molar refractivity (Wildman–Crippen MR) is 211 cm³/mol. The molecule has 0 radical (unpaired) electrons. The lowest BCUT2D eigenvalue weighted by atomic mass is 9.98. The molecule has 2 nitrogen and oxygen atoms in total. The number of aromatic nitrogens is 2. The molecule has 2 aromatic heterocycles. The first kappa shape index (κ1) is 28.4. The van der Waals surface area contributed by atoms with E-state index in [1.165, 1.54) is 77.0 Å². The van der Waals surface area contributed by atoms with Gasteiger partial charge in [0, 0.05) is 32.9 Å². The van der Waals surface area contributed by atoms with Gasteiger partial charge in [-0.05, 0) is 81.9 Å². The molecule has 8 aromatic carbocycles. The zero-order valence-corrected chi connectivity index (χ0v) is 27.4. The fourth-order valence-electron chi connectivity index (χ4n) is 7.84. The van der Waals surface area contributed by atoms with Crippen molar-refractivity contribution in [3.63, 3.8) is 0 Å². The SMILES string of the molecule is c1ccc(-c2ccc(-n3c4ccccc4c4c(-c5ccc6c7ccccc7n(-c7cccc(-c8ccccc8)c7)c6c5)cccc43)cc2)cc1. The van der Waals surface area contributed by atoms with Gasteiger partial charge in [-0.1, -0.05) is 146 Å². The minimum absolute atomic E-state index is 1.15. The van der Waals surface area contributed by atoms with Gasteiger partial charge < -0.3 is 9.13 Å². The Morgan fingerprint density at radius 3 is 1.54 bits per heavy atom. The number of hydrogen-bond acceptors (Lipinski definition) is 0. The highest BCUT2D eigenvalue weighted by atomic mass is 15.0. The first-order valence-corrected chi connectivity index (χ1v) is 17.2. The Hall–Kier alpha value is -6.64. The summed E-state index contributed by atoms with van der Waals surface area (Å²) >= 11 is 0. The van der Waals surface area contributed by atoms with Gasteiger partial charge in [0.05, 0.1) is 22.1 Å². The number of rotatable bonds is 5. The molecule has 0 aliphatic heterocycles. The Morgan fingerprint density at radius 2 is 0.780 bits per heavy atom. The topological polar surface area (TPSA) is 9.86 Å². The molecule has 0 unspecified atom stereocenters. The van der Waals surface area contributed by atoms with E-state index in [4.69, 9.17) is 0 Å². The Labute approximate surface area is 290 Å². The maximum Gasteiger partial charge on any atom is 0.0547 e. The summed E-state index contributed by atoms with van der Waals surface area (Å²) in [4.78, 5) is 0. The van der Waals surface area contributed by atoms with Crippen molar-refractivity contribution in [3.8, 4) is 44.8 Å². The van der Waals surface area contributed by atoms with Gasteiger partial charge in [0.25, 0.3) is 0 Å². The van der Waals surface area contributed by atoms with Crippen molar-refractivity contribution in [1.29, 1.82) is 0 Å². The van der Waals surface area contributed by atoms with Crippen molar-refractivity contribution in [2.75, 3.05) is 0 Å². The molecule has 0 saturated carbocycles. The largest absolute Gasteiger partial charge is 0.309 e. The van der Waals surface area contributed by atoms with E-state index in [0.29, 0.717) is 0 Å². The number of nitrogens with zero attached hydrogens (tertiary/aromatic N) is 2. The molecular weight excluding hydrogens is 605 g/mol. The van der Waals surface area contributed by atoms with Crippen LogP contribution < -0.4 is 0 Å². The zero-order valence-electron chi connectivity index (χ0n) is 27.4. The molecule has 0 aliphatic carbocycles. The van der Waals surface area contributed by atoms with Gasteiger partial charge in [-0.2, -0.15) is 0 Å². The summed E-state index contributed by atoms with van der Waals surface area (Å²) < 4.78 is 4.84. The number of hydrogen-bond donors (Lipinski definition) is 0. The normalized spacial score (nSPS) is 11.6. The second kappa shape index (κ2) is 11.5. The van der Waals surface area contributed by atoms with Gasteiger partial charge in [-0.15, -0.1) is 0 Å². The lowest BCUT2D eigenvalue weighted by Gasteiger charge is -2.12. The van der Waals surface area contributed by atoms with Gasteiger partial charge in [-0.3, -0.25) is 0 Å². The van der Waals surface area contributed by atoms with Crippen LogP contribution in [0.5, 0.6) is 0 Å². The Kier molecular flexibility index (Phi) is 6.53. The van der Waals surface area contributed by atoms with E-state index in [1.54, 1.807) is 0 Å². The Morgan fingerprint density at radius 1 is 0.260 bits per heavy atom. The summed E-state index contributed by atoms with van der Waals surface area (Å²) in [6.45, 7) is 0. The fraction of sp³-hybridized carbons (Fsp3) is 0. The van der Waals surface area contributed by atoms with Crippen LogP contribution in [0.3, 0.4) is 0 Å². The van der Waals surface area contributed by atoms with Gasteiger partial charge in [0.1, 0.15) is 0 Å². The van der Waals surface area contributed by atoms with Crippen molar-refractivity contribution in [3.05, 3.63) is 194 Å². The van der Waals surface area contributed by atoms with Crippen LogP contribution in [0.4, 0.5) is 0 Å². The highest BCUT2D eigenvalue weighted by Crippen LogP contribution is 2.41. The van der Waals surface area contributed by atoms with Crippen molar-refractivity contribution < 1.29 is 0 Å². The predicted octanol–water partition coefficient (Wildman–Crippen LogP) is 12.9. The minimum atomic E-state index is 1.15.